The molecule has 5 heteroatoms. The van der Waals surface area contributed by atoms with Crippen LogP contribution in [0.25, 0.3) is 0 Å². The van der Waals surface area contributed by atoms with Crippen molar-refractivity contribution in [2.45, 2.75) is 20.0 Å². The Hall–Kier alpha value is -2.14. The van der Waals surface area contributed by atoms with Crippen molar-refractivity contribution in [3.8, 4) is 11.5 Å². The highest BCUT2D eigenvalue weighted by atomic mass is 16.7. The van der Waals surface area contributed by atoms with Gasteiger partial charge in [0.15, 0.2) is 11.5 Å². The van der Waals surface area contributed by atoms with E-state index >= 15 is 0 Å². The molecule has 0 bridgehead atoms. The first-order valence-corrected chi connectivity index (χ1v) is 6.19. The van der Waals surface area contributed by atoms with Gasteiger partial charge in [0.25, 0.3) is 0 Å². The first-order valence-electron chi connectivity index (χ1n) is 6.19. The molecule has 0 radical (unpaired) electrons. The standard InChI is InChI=1S/C14H15N3O2/c1-10-16-6-5-12(17-10)8-15-7-11-3-2-4-13-14(11)19-9-18-13/h2-6,15H,7-9H2,1H3. The second-order valence-corrected chi connectivity index (χ2v) is 4.35. The second-order valence-electron chi connectivity index (χ2n) is 4.35. The molecule has 0 fully saturated rings. The monoisotopic (exact) mass is 257 g/mol. The van der Waals surface area contributed by atoms with Crippen LogP contribution in [0.1, 0.15) is 17.1 Å². The highest BCUT2D eigenvalue weighted by Crippen LogP contribution is 2.35. The molecule has 1 aliphatic rings. The van der Waals surface area contributed by atoms with Crippen LogP contribution in [-0.4, -0.2) is 16.8 Å². The Balaban J connectivity index is 1.63. The minimum Gasteiger partial charge on any atom is -0.454 e. The van der Waals surface area contributed by atoms with Gasteiger partial charge in [0, 0.05) is 24.8 Å². The van der Waals surface area contributed by atoms with Crippen LogP contribution in [0.3, 0.4) is 0 Å². The van der Waals surface area contributed by atoms with E-state index in [4.69, 9.17) is 9.47 Å². The first kappa shape index (κ1) is 11.9. The predicted molar refractivity (Wildman–Crippen MR) is 69.9 cm³/mol. The van der Waals surface area contributed by atoms with E-state index in [1.165, 1.54) is 0 Å². The number of ether oxygens (including phenoxy) is 2. The number of aromatic nitrogens is 2. The fraction of sp³-hybridized carbons (Fsp3) is 0.286. The molecule has 1 aromatic carbocycles. The zero-order valence-corrected chi connectivity index (χ0v) is 10.7. The fourth-order valence-corrected chi connectivity index (χ4v) is 2.06. The van der Waals surface area contributed by atoms with Crippen LogP contribution in [0.2, 0.25) is 0 Å². The van der Waals surface area contributed by atoms with E-state index < -0.39 is 0 Å². The van der Waals surface area contributed by atoms with Gasteiger partial charge in [0.05, 0.1) is 5.69 Å². The fourth-order valence-electron chi connectivity index (χ4n) is 2.06. The van der Waals surface area contributed by atoms with Gasteiger partial charge in [-0.25, -0.2) is 9.97 Å². The number of nitrogens with one attached hydrogen (secondary N) is 1. The lowest BCUT2D eigenvalue weighted by molar-refractivity contribution is 0.173. The number of hydrogen-bond donors (Lipinski definition) is 1. The van der Waals surface area contributed by atoms with Gasteiger partial charge in [0.1, 0.15) is 5.82 Å². The lowest BCUT2D eigenvalue weighted by Gasteiger charge is -2.07. The average molecular weight is 257 g/mol. The maximum Gasteiger partial charge on any atom is 0.231 e. The molecule has 0 aliphatic carbocycles. The maximum atomic E-state index is 5.46. The van der Waals surface area contributed by atoms with E-state index in [0.29, 0.717) is 13.3 Å². The van der Waals surface area contributed by atoms with Gasteiger partial charge in [-0.15, -0.1) is 0 Å². The van der Waals surface area contributed by atoms with Gasteiger partial charge >= 0.3 is 0 Å². The Kier molecular flexibility index (Phi) is 3.29. The molecule has 0 saturated heterocycles. The topological polar surface area (TPSA) is 56.3 Å². The molecular formula is C14H15N3O2. The summed E-state index contributed by atoms with van der Waals surface area (Å²) in [6.07, 6.45) is 1.77. The van der Waals surface area contributed by atoms with Crippen LogP contribution in [0.5, 0.6) is 11.5 Å². The highest BCUT2D eigenvalue weighted by molar-refractivity contribution is 5.48. The van der Waals surface area contributed by atoms with Gasteiger partial charge in [0.2, 0.25) is 6.79 Å². The summed E-state index contributed by atoms with van der Waals surface area (Å²) >= 11 is 0. The molecule has 0 saturated carbocycles. The summed E-state index contributed by atoms with van der Waals surface area (Å²) in [5.74, 6) is 2.45. The zero-order chi connectivity index (χ0) is 13.1. The number of para-hydroxylation sites is 1. The number of rotatable bonds is 4. The van der Waals surface area contributed by atoms with Crippen molar-refractivity contribution >= 4 is 0 Å². The summed E-state index contributed by atoms with van der Waals surface area (Å²) in [6.45, 7) is 3.61. The molecule has 98 valence electrons. The van der Waals surface area contributed by atoms with Gasteiger partial charge in [-0.3, -0.25) is 0 Å². The molecular weight excluding hydrogens is 242 g/mol. The Morgan fingerprint density at radius 1 is 1.21 bits per heavy atom. The summed E-state index contributed by atoms with van der Waals surface area (Å²) in [4.78, 5) is 8.43. The zero-order valence-electron chi connectivity index (χ0n) is 10.7. The van der Waals surface area contributed by atoms with Crippen LogP contribution in [-0.2, 0) is 13.1 Å². The van der Waals surface area contributed by atoms with Crippen LogP contribution in [0, 0.1) is 6.92 Å². The van der Waals surface area contributed by atoms with Crippen molar-refractivity contribution in [2.24, 2.45) is 0 Å². The van der Waals surface area contributed by atoms with Crippen molar-refractivity contribution in [1.82, 2.24) is 15.3 Å². The van der Waals surface area contributed by atoms with Crippen LogP contribution in [0.4, 0.5) is 0 Å². The van der Waals surface area contributed by atoms with E-state index in [2.05, 4.69) is 15.3 Å². The van der Waals surface area contributed by atoms with Crippen LogP contribution >= 0.6 is 0 Å². The van der Waals surface area contributed by atoms with E-state index in [1.54, 1.807) is 6.20 Å². The molecule has 0 unspecified atom stereocenters. The lowest BCUT2D eigenvalue weighted by Crippen LogP contribution is -2.14. The third-order valence-corrected chi connectivity index (χ3v) is 2.93. The molecule has 1 N–H and O–H groups in total. The molecule has 0 spiro atoms. The first-order chi connectivity index (χ1) is 9.33. The lowest BCUT2D eigenvalue weighted by atomic mass is 10.2. The third kappa shape index (κ3) is 2.66. The highest BCUT2D eigenvalue weighted by Gasteiger charge is 2.16. The smallest absolute Gasteiger partial charge is 0.231 e. The molecule has 0 amide bonds. The number of fused-ring (bicyclic) bond motifs is 1. The minimum absolute atomic E-state index is 0.303. The summed E-state index contributed by atoms with van der Waals surface area (Å²) in [7, 11) is 0. The molecule has 2 aromatic rings. The number of nitrogens with zero attached hydrogens (tertiary/aromatic N) is 2. The van der Waals surface area contributed by atoms with Crippen molar-refractivity contribution < 1.29 is 9.47 Å². The molecule has 5 nitrogen and oxygen atoms in total. The summed E-state index contributed by atoms with van der Waals surface area (Å²) < 4.78 is 10.8. The summed E-state index contributed by atoms with van der Waals surface area (Å²) in [5, 5.41) is 3.35. The quantitative estimate of drug-likeness (QED) is 0.905. The van der Waals surface area contributed by atoms with Crippen molar-refractivity contribution in [2.75, 3.05) is 6.79 Å². The predicted octanol–water partition coefficient (Wildman–Crippen LogP) is 1.80. The molecule has 2 heterocycles. The Bertz CT molecular complexity index is 587. The number of benzene rings is 1. The Labute approximate surface area is 111 Å². The van der Waals surface area contributed by atoms with Gasteiger partial charge < -0.3 is 14.8 Å². The maximum absolute atomic E-state index is 5.46. The molecule has 1 aromatic heterocycles. The molecule has 3 rings (SSSR count). The van der Waals surface area contributed by atoms with E-state index in [0.717, 1.165) is 35.1 Å². The average Bonchev–Trinajstić information content (AvgIpc) is 2.88. The van der Waals surface area contributed by atoms with Crippen LogP contribution < -0.4 is 14.8 Å². The minimum atomic E-state index is 0.303. The van der Waals surface area contributed by atoms with Crippen molar-refractivity contribution in [3.05, 3.63) is 47.5 Å². The normalized spacial score (nSPS) is 12.7. The summed E-state index contributed by atoms with van der Waals surface area (Å²) in [5.41, 5.74) is 2.08. The van der Waals surface area contributed by atoms with Gasteiger partial charge in [-0.05, 0) is 19.1 Å². The molecule has 0 atom stereocenters. The third-order valence-electron chi connectivity index (χ3n) is 2.93. The van der Waals surface area contributed by atoms with E-state index in [-0.39, 0.29) is 0 Å². The second kappa shape index (κ2) is 5.24. The van der Waals surface area contributed by atoms with Crippen molar-refractivity contribution in [1.29, 1.82) is 0 Å². The van der Waals surface area contributed by atoms with Crippen molar-refractivity contribution in [3.63, 3.8) is 0 Å². The van der Waals surface area contributed by atoms with Gasteiger partial charge in [-0.2, -0.15) is 0 Å². The Morgan fingerprint density at radius 2 is 2.16 bits per heavy atom. The number of hydrogen-bond acceptors (Lipinski definition) is 5. The van der Waals surface area contributed by atoms with E-state index in [1.807, 2.05) is 31.2 Å². The molecule has 19 heavy (non-hydrogen) atoms. The SMILES string of the molecule is Cc1nccc(CNCc2cccc3c2OCO3)n1. The Morgan fingerprint density at radius 3 is 3.05 bits per heavy atom. The van der Waals surface area contributed by atoms with E-state index in [9.17, 15) is 0 Å². The summed E-state index contributed by atoms with van der Waals surface area (Å²) in [6, 6.07) is 7.83. The van der Waals surface area contributed by atoms with Gasteiger partial charge in [-0.1, -0.05) is 12.1 Å². The molecule has 1 aliphatic heterocycles. The van der Waals surface area contributed by atoms with Crippen LogP contribution in [0.15, 0.2) is 30.5 Å². The largest absolute Gasteiger partial charge is 0.454 e. The number of aryl methyl sites for hydroxylation is 1.